The highest BCUT2D eigenvalue weighted by Gasteiger charge is 2.11. The van der Waals surface area contributed by atoms with Gasteiger partial charge in [0.2, 0.25) is 0 Å². The highest BCUT2D eigenvalue weighted by Crippen LogP contribution is 2.06. The van der Waals surface area contributed by atoms with Crippen LogP contribution in [0.25, 0.3) is 0 Å². The standard InChI is InChI=1S/C13H30N2O/c1-6-13(3)15(10-11-16-5)9-7-8-12(2)14-4/h12-14H,6-11H2,1-5H3. The van der Waals surface area contributed by atoms with Crippen LogP contribution in [-0.4, -0.2) is 50.8 Å². The van der Waals surface area contributed by atoms with Gasteiger partial charge in [0.05, 0.1) is 6.61 Å². The summed E-state index contributed by atoms with van der Waals surface area (Å²) in [7, 11) is 3.81. The molecule has 0 aliphatic rings. The number of nitrogens with zero attached hydrogens (tertiary/aromatic N) is 1. The molecule has 0 aromatic heterocycles. The van der Waals surface area contributed by atoms with Gasteiger partial charge in [-0.25, -0.2) is 0 Å². The van der Waals surface area contributed by atoms with Crippen LogP contribution in [0.3, 0.4) is 0 Å². The van der Waals surface area contributed by atoms with E-state index in [0.29, 0.717) is 12.1 Å². The van der Waals surface area contributed by atoms with Crippen LogP contribution in [-0.2, 0) is 4.74 Å². The summed E-state index contributed by atoms with van der Waals surface area (Å²) in [5.41, 5.74) is 0. The lowest BCUT2D eigenvalue weighted by Gasteiger charge is -2.28. The minimum atomic E-state index is 0.626. The van der Waals surface area contributed by atoms with E-state index in [1.807, 2.05) is 7.05 Å². The van der Waals surface area contributed by atoms with Gasteiger partial charge in [0, 0.05) is 25.7 Å². The smallest absolute Gasteiger partial charge is 0.0589 e. The van der Waals surface area contributed by atoms with Crippen molar-refractivity contribution < 1.29 is 4.74 Å². The van der Waals surface area contributed by atoms with Crippen LogP contribution in [0.2, 0.25) is 0 Å². The highest BCUT2D eigenvalue weighted by atomic mass is 16.5. The van der Waals surface area contributed by atoms with Gasteiger partial charge in [-0.05, 0) is 46.7 Å². The van der Waals surface area contributed by atoms with Gasteiger partial charge in [-0.15, -0.1) is 0 Å². The van der Waals surface area contributed by atoms with Crippen LogP contribution in [0.4, 0.5) is 0 Å². The number of methoxy groups -OCH3 is 1. The predicted octanol–water partition coefficient (Wildman–Crippen LogP) is 2.12. The first-order chi connectivity index (χ1) is 7.65. The summed E-state index contributed by atoms with van der Waals surface area (Å²) in [6.45, 7) is 9.87. The Morgan fingerprint density at radius 2 is 1.94 bits per heavy atom. The second kappa shape index (κ2) is 10.1. The normalized spacial score (nSPS) is 15.4. The largest absolute Gasteiger partial charge is 0.383 e. The molecule has 0 fully saturated rings. The van der Waals surface area contributed by atoms with Gasteiger partial charge in [-0.1, -0.05) is 6.92 Å². The molecule has 0 aliphatic heterocycles. The molecule has 0 saturated heterocycles. The minimum Gasteiger partial charge on any atom is -0.383 e. The van der Waals surface area contributed by atoms with E-state index < -0.39 is 0 Å². The van der Waals surface area contributed by atoms with Crippen molar-refractivity contribution in [2.45, 2.75) is 52.1 Å². The maximum absolute atomic E-state index is 5.16. The molecule has 0 heterocycles. The SMILES string of the molecule is CCC(C)N(CCCC(C)NC)CCOC. The van der Waals surface area contributed by atoms with Crippen molar-refractivity contribution in [1.29, 1.82) is 0 Å². The first-order valence-electron chi connectivity index (χ1n) is 6.55. The molecule has 0 spiro atoms. The van der Waals surface area contributed by atoms with Crippen LogP contribution in [0.5, 0.6) is 0 Å². The number of ether oxygens (including phenoxy) is 1. The Morgan fingerprint density at radius 3 is 2.44 bits per heavy atom. The Labute approximate surface area is 102 Å². The lowest BCUT2D eigenvalue weighted by Crippen LogP contribution is -2.36. The summed E-state index contributed by atoms with van der Waals surface area (Å²) < 4.78 is 5.16. The van der Waals surface area contributed by atoms with E-state index in [1.54, 1.807) is 7.11 Å². The number of hydrogen-bond acceptors (Lipinski definition) is 3. The lowest BCUT2D eigenvalue weighted by atomic mass is 10.1. The van der Waals surface area contributed by atoms with Gasteiger partial charge in [-0.2, -0.15) is 0 Å². The number of rotatable bonds is 10. The van der Waals surface area contributed by atoms with Crippen molar-refractivity contribution in [1.82, 2.24) is 10.2 Å². The Kier molecular flexibility index (Phi) is 9.99. The summed E-state index contributed by atoms with van der Waals surface area (Å²) in [5, 5.41) is 3.28. The van der Waals surface area contributed by atoms with Gasteiger partial charge < -0.3 is 10.1 Å². The third-order valence-corrected chi connectivity index (χ3v) is 3.37. The molecule has 3 nitrogen and oxygen atoms in total. The van der Waals surface area contributed by atoms with Gasteiger partial charge >= 0.3 is 0 Å². The van der Waals surface area contributed by atoms with E-state index in [1.165, 1.54) is 25.8 Å². The molecule has 98 valence electrons. The minimum absolute atomic E-state index is 0.626. The van der Waals surface area contributed by atoms with Crippen molar-refractivity contribution in [3.63, 3.8) is 0 Å². The van der Waals surface area contributed by atoms with E-state index in [9.17, 15) is 0 Å². The second-order valence-electron chi connectivity index (χ2n) is 4.62. The molecule has 0 aliphatic carbocycles. The predicted molar refractivity (Wildman–Crippen MR) is 71.0 cm³/mol. The zero-order valence-corrected chi connectivity index (χ0v) is 11.8. The van der Waals surface area contributed by atoms with E-state index in [0.717, 1.165) is 13.2 Å². The molecular formula is C13H30N2O. The molecule has 0 aromatic rings. The lowest BCUT2D eigenvalue weighted by molar-refractivity contribution is 0.121. The van der Waals surface area contributed by atoms with Crippen LogP contribution in [0, 0.1) is 0 Å². The van der Waals surface area contributed by atoms with Crippen molar-refractivity contribution in [3.05, 3.63) is 0 Å². The average molecular weight is 230 g/mol. The van der Waals surface area contributed by atoms with Crippen molar-refractivity contribution in [2.24, 2.45) is 0 Å². The molecule has 0 bridgehead atoms. The summed E-state index contributed by atoms with van der Waals surface area (Å²) in [4.78, 5) is 2.53. The third-order valence-electron chi connectivity index (χ3n) is 3.37. The molecule has 0 amide bonds. The zero-order chi connectivity index (χ0) is 12.4. The van der Waals surface area contributed by atoms with Crippen LogP contribution in [0.1, 0.15) is 40.0 Å². The Bertz CT molecular complexity index is 153. The Hall–Kier alpha value is -0.120. The average Bonchev–Trinajstić information content (AvgIpc) is 2.32. The fourth-order valence-electron chi connectivity index (χ4n) is 1.76. The molecule has 0 saturated carbocycles. The maximum Gasteiger partial charge on any atom is 0.0589 e. The third kappa shape index (κ3) is 7.20. The van der Waals surface area contributed by atoms with E-state index in [-0.39, 0.29) is 0 Å². The number of nitrogens with one attached hydrogen (secondary N) is 1. The highest BCUT2D eigenvalue weighted by molar-refractivity contribution is 4.67. The first kappa shape index (κ1) is 15.9. The monoisotopic (exact) mass is 230 g/mol. The molecule has 1 N–H and O–H groups in total. The molecule has 3 heteroatoms. The molecule has 0 rings (SSSR count). The fraction of sp³-hybridized carbons (Fsp3) is 1.00. The second-order valence-corrected chi connectivity index (χ2v) is 4.62. The molecule has 16 heavy (non-hydrogen) atoms. The van der Waals surface area contributed by atoms with E-state index in [4.69, 9.17) is 4.74 Å². The van der Waals surface area contributed by atoms with Gasteiger partial charge in [-0.3, -0.25) is 4.90 Å². The Morgan fingerprint density at radius 1 is 1.25 bits per heavy atom. The van der Waals surface area contributed by atoms with Crippen LogP contribution in [0.15, 0.2) is 0 Å². The van der Waals surface area contributed by atoms with Gasteiger partial charge in [0.1, 0.15) is 0 Å². The summed E-state index contributed by atoms with van der Waals surface area (Å²) in [6, 6.07) is 1.29. The fourth-order valence-corrected chi connectivity index (χ4v) is 1.76. The number of hydrogen-bond donors (Lipinski definition) is 1. The van der Waals surface area contributed by atoms with Crippen molar-refractivity contribution in [3.8, 4) is 0 Å². The van der Waals surface area contributed by atoms with Gasteiger partial charge in [0.25, 0.3) is 0 Å². The topological polar surface area (TPSA) is 24.5 Å². The summed E-state index contributed by atoms with van der Waals surface area (Å²) in [5.74, 6) is 0. The molecule has 0 radical (unpaired) electrons. The molecular weight excluding hydrogens is 200 g/mol. The van der Waals surface area contributed by atoms with Crippen LogP contribution < -0.4 is 5.32 Å². The summed E-state index contributed by atoms with van der Waals surface area (Å²) in [6.07, 6.45) is 3.72. The van der Waals surface area contributed by atoms with Gasteiger partial charge in [0.15, 0.2) is 0 Å². The van der Waals surface area contributed by atoms with Crippen molar-refractivity contribution >= 4 is 0 Å². The molecule has 0 aromatic carbocycles. The quantitative estimate of drug-likeness (QED) is 0.622. The van der Waals surface area contributed by atoms with Crippen LogP contribution >= 0.6 is 0 Å². The van der Waals surface area contributed by atoms with Crippen molar-refractivity contribution in [2.75, 3.05) is 33.9 Å². The molecule has 2 unspecified atom stereocenters. The van der Waals surface area contributed by atoms with E-state index >= 15 is 0 Å². The van der Waals surface area contributed by atoms with E-state index in [2.05, 4.69) is 31.0 Å². The summed E-state index contributed by atoms with van der Waals surface area (Å²) >= 11 is 0. The maximum atomic E-state index is 5.16. The molecule has 2 atom stereocenters. The first-order valence-corrected chi connectivity index (χ1v) is 6.55. The Balaban J connectivity index is 3.82. The zero-order valence-electron chi connectivity index (χ0n) is 11.8.